The Kier molecular flexibility index (Phi) is 42.2. The molecule has 0 aliphatic heterocycles. The van der Waals surface area contributed by atoms with Crippen molar-refractivity contribution < 1.29 is 24.5 Å². The molecule has 0 rings (SSSR count). The minimum Gasteiger partial charge on any atom is -0.462 e. The topological polar surface area (TPSA) is 95.9 Å². The monoisotopic (exact) mass is 786 g/mol. The van der Waals surface area contributed by atoms with Crippen molar-refractivity contribution in [2.45, 2.75) is 251 Å². The molecular formula is C50H91NO5. The summed E-state index contributed by atoms with van der Waals surface area (Å²) in [6, 6.07) is -0.719. The fourth-order valence-electron chi connectivity index (χ4n) is 7.15. The predicted molar refractivity (Wildman–Crippen MR) is 241 cm³/mol. The molecule has 0 bridgehead atoms. The van der Waals surface area contributed by atoms with Gasteiger partial charge in [-0.15, -0.1) is 0 Å². The Hall–Kier alpha value is -2.18. The molecule has 0 radical (unpaired) electrons. The number of unbranched alkanes of at least 4 members (excludes halogenated alkanes) is 25. The molecule has 326 valence electrons. The van der Waals surface area contributed by atoms with Crippen molar-refractivity contribution in [3.8, 4) is 0 Å². The average molecular weight is 786 g/mol. The molecule has 0 heterocycles. The molecule has 0 aromatic carbocycles. The maximum atomic E-state index is 13.1. The third-order valence-corrected chi connectivity index (χ3v) is 10.8. The number of aliphatic hydroxyl groups excluding tert-OH is 2. The first kappa shape index (κ1) is 53.8. The van der Waals surface area contributed by atoms with Gasteiger partial charge in [0, 0.05) is 6.42 Å². The molecule has 0 aromatic rings. The molecule has 0 aliphatic carbocycles. The molecule has 3 unspecified atom stereocenters. The van der Waals surface area contributed by atoms with Gasteiger partial charge in [0.05, 0.1) is 25.2 Å². The number of rotatable bonds is 42. The Morgan fingerprint density at radius 2 is 0.964 bits per heavy atom. The van der Waals surface area contributed by atoms with Crippen LogP contribution in [0.4, 0.5) is 0 Å². The number of amides is 1. The second kappa shape index (κ2) is 43.9. The lowest BCUT2D eigenvalue weighted by molar-refractivity contribution is -0.151. The number of nitrogens with one attached hydrogen (secondary N) is 1. The largest absolute Gasteiger partial charge is 0.462 e. The van der Waals surface area contributed by atoms with E-state index >= 15 is 0 Å². The summed E-state index contributed by atoms with van der Waals surface area (Å²) < 4.78 is 5.87. The number of hydrogen-bond acceptors (Lipinski definition) is 5. The van der Waals surface area contributed by atoms with E-state index in [2.05, 4.69) is 38.2 Å². The van der Waals surface area contributed by atoms with Gasteiger partial charge in [0.15, 0.2) is 0 Å². The number of carbonyl (C=O) groups is 2. The molecule has 0 aliphatic rings. The van der Waals surface area contributed by atoms with Gasteiger partial charge >= 0.3 is 5.97 Å². The maximum absolute atomic E-state index is 13.1. The van der Waals surface area contributed by atoms with E-state index in [0.29, 0.717) is 19.3 Å². The summed E-state index contributed by atoms with van der Waals surface area (Å²) in [4.78, 5) is 26.0. The third kappa shape index (κ3) is 38.7. The van der Waals surface area contributed by atoms with E-state index in [4.69, 9.17) is 4.74 Å². The van der Waals surface area contributed by atoms with E-state index in [1.165, 1.54) is 128 Å². The molecule has 0 aromatic heterocycles. The summed E-state index contributed by atoms with van der Waals surface area (Å²) in [6.07, 6.45) is 51.8. The third-order valence-electron chi connectivity index (χ3n) is 10.8. The van der Waals surface area contributed by atoms with Gasteiger partial charge in [-0.3, -0.25) is 9.59 Å². The smallest absolute Gasteiger partial charge is 0.306 e. The van der Waals surface area contributed by atoms with E-state index in [0.717, 1.165) is 57.8 Å². The maximum Gasteiger partial charge on any atom is 0.306 e. The van der Waals surface area contributed by atoms with Crippen LogP contribution >= 0.6 is 0 Å². The highest BCUT2D eigenvalue weighted by Gasteiger charge is 2.24. The van der Waals surface area contributed by atoms with Crippen LogP contribution in [-0.4, -0.2) is 46.9 Å². The van der Waals surface area contributed by atoms with Crippen molar-refractivity contribution in [3.63, 3.8) is 0 Å². The van der Waals surface area contributed by atoms with Crippen LogP contribution in [0.2, 0.25) is 0 Å². The number of ether oxygens (including phenoxy) is 1. The molecule has 6 nitrogen and oxygen atoms in total. The van der Waals surface area contributed by atoms with Crippen LogP contribution in [0.25, 0.3) is 0 Å². The van der Waals surface area contributed by atoms with Crippen LogP contribution in [0.5, 0.6) is 0 Å². The lowest BCUT2D eigenvalue weighted by Crippen LogP contribution is -2.46. The Bertz CT molecular complexity index is 972. The fourth-order valence-corrected chi connectivity index (χ4v) is 7.15. The molecule has 0 spiro atoms. The second-order valence-corrected chi connectivity index (χ2v) is 16.2. The minimum atomic E-state index is -0.802. The predicted octanol–water partition coefficient (Wildman–Crippen LogP) is 13.9. The van der Waals surface area contributed by atoms with E-state index in [1.807, 2.05) is 36.5 Å². The standard InChI is InChI=1S/C50H91NO5/c1-4-7-10-13-16-19-22-24-27-30-33-36-39-42-48(53)47(45-52)51-49(54)44-46(41-38-35-32-29-26-21-18-15-12-9-6-3)56-50(55)43-40-37-34-31-28-25-23-20-17-14-11-8-5-2/h9,12,15,18,21,26,29,32,46-48,52-53H,4-8,10-11,13-14,16-17,19-20,22-25,27-28,30-31,33-45H2,1-3H3,(H,51,54)/b12-9+,18-15+,26-21-,32-29-. The molecule has 3 N–H and O–H groups in total. The van der Waals surface area contributed by atoms with E-state index in [-0.39, 0.29) is 24.9 Å². The Morgan fingerprint density at radius 1 is 0.536 bits per heavy atom. The first-order valence-electron chi connectivity index (χ1n) is 23.9. The SMILES string of the molecule is CC/C=C/C=C/C=C\C=C/CCCC(CC(=O)NC(CO)C(O)CCCCCCCCCCCCCCC)OC(=O)CCCCCCCCCCCCCCC. The van der Waals surface area contributed by atoms with E-state index in [1.54, 1.807) is 0 Å². The summed E-state index contributed by atoms with van der Waals surface area (Å²) in [7, 11) is 0. The lowest BCUT2D eigenvalue weighted by atomic mass is 10.0. The zero-order chi connectivity index (χ0) is 41.0. The van der Waals surface area contributed by atoms with Crippen LogP contribution in [0.15, 0.2) is 48.6 Å². The van der Waals surface area contributed by atoms with Crippen molar-refractivity contribution >= 4 is 11.9 Å². The van der Waals surface area contributed by atoms with Gasteiger partial charge in [0.2, 0.25) is 5.91 Å². The van der Waals surface area contributed by atoms with Crippen molar-refractivity contribution in [1.29, 1.82) is 0 Å². The van der Waals surface area contributed by atoms with Crippen molar-refractivity contribution in [2.24, 2.45) is 0 Å². The highest BCUT2D eigenvalue weighted by molar-refractivity contribution is 5.77. The van der Waals surface area contributed by atoms with Gasteiger partial charge < -0.3 is 20.3 Å². The number of esters is 1. The highest BCUT2D eigenvalue weighted by Crippen LogP contribution is 2.17. The number of hydrogen-bond donors (Lipinski definition) is 3. The molecule has 56 heavy (non-hydrogen) atoms. The Labute approximate surface area is 346 Å². The first-order chi connectivity index (χ1) is 27.5. The van der Waals surface area contributed by atoms with Crippen LogP contribution in [0, 0.1) is 0 Å². The zero-order valence-corrected chi connectivity index (χ0v) is 37.0. The van der Waals surface area contributed by atoms with Gasteiger partial charge in [-0.25, -0.2) is 0 Å². The van der Waals surface area contributed by atoms with Gasteiger partial charge in [-0.2, -0.15) is 0 Å². The Morgan fingerprint density at radius 3 is 1.43 bits per heavy atom. The van der Waals surface area contributed by atoms with Crippen molar-refractivity contribution in [2.75, 3.05) is 6.61 Å². The van der Waals surface area contributed by atoms with Crippen LogP contribution < -0.4 is 5.32 Å². The summed E-state index contributed by atoms with van der Waals surface area (Å²) in [5.41, 5.74) is 0. The fraction of sp³-hybridized carbons (Fsp3) is 0.800. The summed E-state index contributed by atoms with van der Waals surface area (Å²) in [5.74, 6) is -0.538. The molecule has 1 amide bonds. The van der Waals surface area contributed by atoms with Gasteiger partial charge in [-0.1, -0.05) is 230 Å². The Balaban J connectivity index is 4.61. The summed E-state index contributed by atoms with van der Waals surface area (Å²) >= 11 is 0. The first-order valence-corrected chi connectivity index (χ1v) is 23.9. The summed E-state index contributed by atoms with van der Waals surface area (Å²) in [6.45, 7) is 6.31. The number of allylic oxidation sites excluding steroid dienone is 8. The number of aliphatic hydroxyl groups is 2. The molecular weight excluding hydrogens is 695 g/mol. The molecule has 0 saturated heterocycles. The van der Waals surface area contributed by atoms with E-state index < -0.39 is 18.2 Å². The normalized spacial score (nSPS) is 13.7. The quantitative estimate of drug-likeness (QED) is 0.0325. The molecule has 0 saturated carbocycles. The average Bonchev–Trinajstić information content (AvgIpc) is 3.19. The van der Waals surface area contributed by atoms with Crippen LogP contribution in [0.3, 0.4) is 0 Å². The van der Waals surface area contributed by atoms with Crippen molar-refractivity contribution in [1.82, 2.24) is 5.32 Å². The van der Waals surface area contributed by atoms with Crippen LogP contribution in [-0.2, 0) is 14.3 Å². The second-order valence-electron chi connectivity index (χ2n) is 16.2. The van der Waals surface area contributed by atoms with Crippen LogP contribution in [0.1, 0.15) is 233 Å². The highest BCUT2D eigenvalue weighted by atomic mass is 16.5. The summed E-state index contributed by atoms with van der Waals surface area (Å²) in [5, 5.41) is 23.7. The number of carbonyl (C=O) groups excluding carboxylic acids is 2. The van der Waals surface area contributed by atoms with Gasteiger partial charge in [0.1, 0.15) is 6.10 Å². The molecule has 6 heteroatoms. The minimum absolute atomic E-state index is 0.0337. The molecule has 0 fully saturated rings. The lowest BCUT2D eigenvalue weighted by Gasteiger charge is -2.24. The zero-order valence-electron chi connectivity index (χ0n) is 37.0. The molecule has 3 atom stereocenters. The van der Waals surface area contributed by atoms with Gasteiger partial charge in [-0.05, 0) is 38.5 Å². The van der Waals surface area contributed by atoms with Gasteiger partial charge in [0.25, 0.3) is 0 Å². The van der Waals surface area contributed by atoms with E-state index in [9.17, 15) is 19.8 Å². The van der Waals surface area contributed by atoms with Crippen molar-refractivity contribution in [3.05, 3.63) is 48.6 Å².